The van der Waals surface area contributed by atoms with E-state index >= 15 is 0 Å². The molecule has 2 rings (SSSR count). The van der Waals surface area contributed by atoms with E-state index in [2.05, 4.69) is 29.3 Å². The van der Waals surface area contributed by atoms with Gasteiger partial charge in [-0.3, -0.25) is 15.1 Å². The number of nitrogens with two attached hydrogens (primary N) is 1. The van der Waals surface area contributed by atoms with Crippen LogP contribution in [0, 0.1) is 0 Å². The van der Waals surface area contributed by atoms with Crippen LogP contribution < -0.4 is 11.3 Å². The molecule has 1 fully saturated rings. The normalized spacial score (nSPS) is 17.4. The summed E-state index contributed by atoms with van der Waals surface area (Å²) >= 11 is 0. The van der Waals surface area contributed by atoms with Gasteiger partial charge in [0.25, 0.3) is 5.91 Å². The summed E-state index contributed by atoms with van der Waals surface area (Å²) in [6.07, 6.45) is 2.36. The van der Waals surface area contributed by atoms with E-state index in [0.717, 1.165) is 25.2 Å². The first kappa shape index (κ1) is 15.0. The fourth-order valence-electron chi connectivity index (χ4n) is 2.79. The van der Waals surface area contributed by atoms with Gasteiger partial charge in [-0.2, -0.15) is 0 Å². The first-order valence-corrected chi connectivity index (χ1v) is 7.09. The van der Waals surface area contributed by atoms with E-state index in [4.69, 9.17) is 5.84 Å². The Bertz CT molecular complexity index is 455. The average molecular weight is 276 g/mol. The molecule has 0 aliphatic carbocycles. The van der Waals surface area contributed by atoms with Gasteiger partial charge in [-0.15, -0.1) is 0 Å². The van der Waals surface area contributed by atoms with Crippen LogP contribution in [-0.2, 0) is 6.54 Å². The molecule has 1 aromatic rings. The molecule has 1 aliphatic rings. The second-order valence-corrected chi connectivity index (χ2v) is 5.58. The molecule has 1 amide bonds. The van der Waals surface area contributed by atoms with Crippen molar-refractivity contribution >= 4 is 5.91 Å². The Kier molecular flexibility index (Phi) is 5.11. The maximum absolute atomic E-state index is 11.8. The molecular formula is C15H24N4O. The second-order valence-electron chi connectivity index (χ2n) is 5.58. The van der Waals surface area contributed by atoms with Crippen LogP contribution >= 0.6 is 0 Å². The number of hydrogen-bond donors (Lipinski definition) is 2. The van der Waals surface area contributed by atoms with Gasteiger partial charge in [0.2, 0.25) is 0 Å². The fraction of sp³-hybridized carbons (Fsp3) is 0.533. The highest BCUT2D eigenvalue weighted by atomic mass is 16.2. The van der Waals surface area contributed by atoms with Crippen molar-refractivity contribution in [3.05, 3.63) is 35.4 Å². The highest BCUT2D eigenvalue weighted by Crippen LogP contribution is 2.18. The number of amides is 1. The van der Waals surface area contributed by atoms with E-state index in [1.807, 2.05) is 24.3 Å². The largest absolute Gasteiger partial charge is 0.306 e. The minimum absolute atomic E-state index is 0.225. The number of benzene rings is 1. The highest BCUT2D eigenvalue weighted by molar-refractivity contribution is 5.95. The number of nitrogen functional groups attached to an aromatic ring is 1. The molecule has 5 nitrogen and oxygen atoms in total. The number of hydrazine groups is 1. The number of likely N-dealkylation sites (tertiary alicyclic amines) is 1. The summed E-state index contributed by atoms with van der Waals surface area (Å²) in [6, 6.07) is 8.23. The van der Waals surface area contributed by atoms with Gasteiger partial charge in [0, 0.05) is 18.2 Å². The zero-order valence-electron chi connectivity index (χ0n) is 12.3. The van der Waals surface area contributed by atoms with Crippen LogP contribution in [0.3, 0.4) is 0 Å². The molecule has 3 N–H and O–H groups in total. The number of carbonyl (C=O) groups excluding carboxylic acids is 1. The lowest BCUT2D eigenvalue weighted by Gasteiger charge is -2.35. The molecule has 1 saturated heterocycles. The Morgan fingerprint density at radius 1 is 1.40 bits per heavy atom. The summed E-state index contributed by atoms with van der Waals surface area (Å²) in [6.45, 7) is 3.05. The number of piperidine rings is 1. The quantitative estimate of drug-likeness (QED) is 0.485. The summed E-state index contributed by atoms with van der Waals surface area (Å²) in [5.41, 5.74) is 3.90. The van der Waals surface area contributed by atoms with Crippen LogP contribution in [0.5, 0.6) is 0 Å². The smallest absolute Gasteiger partial charge is 0.265 e. The maximum Gasteiger partial charge on any atom is 0.265 e. The molecule has 0 aromatic heterocycles. The van der Waals surface area contributed by atoms with E-state index in [9.17, 15) is 4.79 Å². The SMILES string of the molecule is CN1CCC(N(C)Cc2ccccc2C(=O)NN)CC1. The molecule has 0 saturated carbocycles. The number of nitrogens with one attached hydrogen (secondary N) is 1. The summed E-state index contributed by atoms with van der Waals surface area (Å²) in [7, 11) is 4.30. The van der Waals surface area contributed by atoms with Crippen LogP contribution in [0.4, 0.5) is 0 Å². The molecule has 110 valence electrons. The predicted octanol–water partition coefficient (Wildman–Crippen LogP) is 0.816. The molecule has 0 spiro atoms. The van der Waals surface area contributed by atoms with Crippen LogP contribution in [0.1, 0.15) is 28.8 Å². The van der Waals surface area contributed by atoms with Gasteiger partial charge in [-0.05, 0) is 51.7 Å². The van der Waals surface area contributed by atoms with Crippen molar-refractivity contribution in [1.29, 1.82) is 0 Å². The van der Waals surface area contributed by atoms with Gasteiger partial charge in [-0.1, -0.05) is 18.2 Å². The summed E-state index contributed by atoms with van der Waals surface area (Å²) in [4.78, 5) is 16.5. The lowest BCUT2D eigenvalue weighted by Crippen LogP contribution is -2.41. The van der Waals surface area contributed by atoms with Gasteiger partial charge in [0.15, 0.2) is 0 Å². The van der Waals surface area contributed by atoms with Crippen LogP contribution in [0.15, 0.2) is 24.3 Å². The third kappa shape index (κ3) is 3.56. The zero-order valence-corrected chi connectivity index (χ0v) is 12.3. The Labute approximate surface area is 120 Å². The van der Waals surface area contributed by atoms with Gasteiger partial charge >= 0.3 is 0 Å². The first-order valence-electron chi connectivity index (χ1n) is 7.09. The third-order valence-corrected chi connectivity index (χ3v) is 4.12. The molecule has 20 heavy (non-hydrogen) atoms. The van der Waals surface area contributed by atoms with Crippen LogP contribution in [0.25, 0.3) is 0 Å². The molecule has 1 aromatic carbocycles. The van der Waals surface area contributed by atoms with E-state index in [1.54, 1.807) is 0 Å². The molecule has 1 aliphatic heterocycles. The Morgan fingerprint density at radius 2 is 2.05 bits per heavy atom. The monoisotopic (exact) mass is 276 g/mol. The Morgan fingerprint density at radius 3 is 2.70 bits per heavy atom. The molecule has 0 atom stereocenters. The van der Waals surface area contributed by atoms with E-state index in [1.165, 1.54) is 12.8 Å². The van der Waals surface area contributed by atoms with Gasteiger partial charge in [0.05, 0.1) is 0 Å². The topological polar surface area (TPSA) is 61.6 Å². The van der Waals surface area contributed by atoms with E-state index in [-0.39, 0.29) is 5.91 Å². The number of nitrogens with zero attached hydrogens (tertiary/aromatic N) is 2. The predicted molar refractivity (Wildman–Crippen MR) is 80.1 cm³/mol. The van der Waals surface area contributed by atoms with Crippen molar-refractivity contribution in [1.82, 2.24) is 15.2 Å². The minimum Gasteiger partial charge on any atom is -0.306 e. The highest BCUT2D eigenvalue weighted by Gasteiger charge is 2.21. The van der Waals surface area contributed by atoms with Crippen molar-refractivity contribution in [2.75, 3.05) is 27.2 Å². The standard InChI is InChI=1S/C15H24N4O/c1-18-9-7-13(8-10-18)19(2)11-12-5-3-4-6-14(12)15(20)17-16/h3-6,13H,7-11,16H2,1-2H3,(H,17,20). The molecule has 1 heterocycles. The maximum atomic E-state index is 11.8. The number of hydrogen-bond acceptors (Lipinski definition) is 4. The molecule has 0 radical (unpaired) electrons. The van der Waals surface area contributed by atoms with Crippen molar-refractivity contribution < 1.29 is 4.79 Å². The van der Waals surface area contributed by atoms with Gasteiger partial charge in [0.1, 0.15) is 0 Å². The lowest BCUT2D eigenvalue weighted by atomic mass is 10.0. The average Bonchev–Trinajstić information content (AvgIpc) is 2.47. The zero-order chi connectivity index (χ0) is 14.5. The summed E-state index contributed by atoms with van der Waals surface area (Å²) in [5.74, 6) is 5.02. The first-order chi connectivity index (χ1) is 9.61. The minimum atomic E-state index is -0.225. The van der Waals surface area contributed by atoms with Crippen molar-refractivity contribution in [2.45, 2.75) is 25.4 Å². The molecular weight excluding hydrogens is 252 g/mol. The van der Waals surface area contributed by atoms with Crippen molar-refractivity contribution in [2.24, 2.45) is 5.84 Å². The van der Waals surface area contributed by atoms with Gasteiger partial charge in [-0.25, -0.2) is 5.84 Å². The Balaban J connectivity index is 2.04. The van der Waals surface area contributed by atoms with Gasteiger partial charge < -0.3 is 4.90 Å². The van der Waals surface area contributed by atoms with Crippen LogP contribution in [0.2, 0.25) is 0 Å². The summed E-state index contributed by atoms with van der Waals surface area (Å²) < 4.78 is 0. The number of rotatable bonds is 4. The number of carbonyl (C=O) groups is 1. The molecule has 5 heteroatoms. The summed E-state index contributed by atoms with van der Waals surface area (Å²) in [5, 5.41) is 0. The fourth-order valence-corrected chi connectivity index (χ4v) is 2.79. The molecule has 0 bridgehead atoms. The Hall–Kier alpha value is -1.43. The lowest BCUT2D eigenvalue weighted by molar-refractivity contribution is 0.0949. The van der Waals surface area contributed by atoms with E-state index < -0.39 is 0 Å². The third-order valence-electron chi connectivity index (χ3n) is 4.12. The van der Waals surface area contributed by atoms with Crippen molar-refractivity contribution in [3.8, 4) is 0 Å². The molecule has 0 unspecified atom stereocenters. The van der Waals surface area contributed by atoms with E-state index in [0.29, 0.717) is 11.6 Å². The van der Waals surface area contributed by atoms with Crippen molar-refractivity contribution in [3.63, 3.8) is 0 Å². The second kappa shape index (κ2) is 6.83. The van der Waals surface area contributed by atoms with Crippen LogP contribution in [-0.4, -0.2) is 48.9 Å².